The van der Waals surface area contributed by atoms with Crippen LogP contribution in [0, 0.1) is 11.8 Å². The molecule has 1 saturated heterocycles. The first-order chi connectivity index (χ1) is 11.4. The highest BCUT2D eigenvalue weighted by atomic mass is 32.2. The molecular weight excluding hydrogens is 324 g/mol. The molecule has 5 nitrogen and oxygen atoms in total. The number of amides is 1. The second-order valence-corrected chi connectivity index (χ2v) is 9.34. The lowest BCUT2D eigenvalue weighted by molar-refractivity contribution is -0.902. The lowest BCUT2D eigenvalue weighted by Crippen LogP contribution is -3.15. The molecule has 0 bridgehead atoms. The number of hydrogen-bond acceptors (Lipinski definition) is 3. The molecule has 0 aromatic heterocycles. The quantitative estimate of drug-likeness (QED) is 0.854. The minimum atomic E-state index is -3.26. The molecule has 3 atom stereocenters. The van der Waals surface area contributed by atoms with Gasteiger partial charge in [0.1, 0.15) is 0 Å². The number of rotatable bonds is 4. The summed E-state index contributed by atoms with van der Waals surface area (Å²) in [6.07, 6.45) is 7.78. The Bertz CT molecular complexity index is 702. The van der Waals surface area contributed by atoms with Gasteiger partial charge in [-0.25, -0.2) is 8.42 Å². The number of benzene rings is 1. The average molecular weight is 351 g/mol. The third-order valence-corrected chi connectivity index (χ3v) is 6.55. The van der Waals surface area contributed by atoms with Crippen LogP contribution >= 0.6 is 0 Å². The second-order valence-electron chi connectivity index (χ2n) is 7.32. The lowest BCUT2D eigenvalue weighted by atomic mass is 9.75. The molecule has 1 aromatic carbocycles. The molecule has 24 heavy (non-hydrogen) atoms. The molecule has 1 amide bonds. The summed E-state index contributed by atoms with van der Waals surface area (Å²) in [5, 5.41) is 2.85. The molecule has 132 valence electrons. The Balaban J connectivity index is 1.56. The van der Waals surface area contributed by atoms with E-state index >= 15 is 0 Å². The summed E-state index contributed by atoms with van der Waals surface area (Å²) in [6, 6.07) is 6.46. The first kappa shape index (κ1) is 17.4. The molecule has 2 aliphatic rings. The number of carbonyl (C=O) groups excluding carboxylic acids is 1. The first-order valence-electron chi connectivity index (χ1n) is 8.85. The molecule has 2 fully saturated rings. The largest absolute Gasteiger partial charge is 0.327 e. The first-order valence-corrected chi connectivity index (χ1v) is 10.7. The zero-order valence-electron chi connectivity index (χ0n) is 14.3. The summed E-state index contributed by atoms with van der Waals surface area (Å²) >= 11 is 0. The standard InChI is InChI=1S/C18H26N2O3S/c1-24(22,23)17-8-4-7-16(11-17)19-18(21)13-20-10-9-14-5-2-3-6-15(14)12-20/h4,7-8,11,14-15H,2-3,5-6,9-10,12-13H2,1H3,(H,19,21)/p+1/t14-,15-/m1/s1. The molecule has 6 heteroatoms. The van der Waals surface area contributed by atoms with Crippen LogP contribution in [0.25, 0.3) is 0 Å². The summed E-state index contributed by atoms with van der Waals surface area (Å²) in [4.78, 5) is 13.9. The zero-order valence-corrected chi connectivity index (χ0v) is 15.1. The normalized spacial score (nSPS) is 27.3. The zero-order chi connectivity index (χ0) is 17.2. The minimum absolute atomic E-state index is 0.0371. The number of carbonyl (C=O) groups is 1. The van der Waals surface area contributed by atoms with Crippen molar-refractivity contribution in [3.05, 3.63) is 24.3 Å². The fourth-order valence-electron chi connectivity index (χ4n) is 4.19. The van der Waals surface area contributed by atoms with Crippen LogP contribution in [0.4, 0.5) is 5.69 Å². The maximum absolute atomic E-state index is 12.3. The molecular formula is C18H27N2O3S+. The van der Waals surface area contributed by atoms with Crippen LogP contribution in [-0.4, -0.2) is 40.2 Å². The highest BCUT2D eigenvalue weighted by molar-refractivity contribution is 7.90. The average Bonchev–Trinajstić information content (AvgIpc) is 2.54. The van der Waals surface area contributed by atoms with Crippen LogP contribution in [0.15, 0.2) is 29.2 Å². The van der Waals surface area contributed by atoms with E-state index in [1.54, 1.807) is 18.2 Å². The van der Waals surface area contributed by atoms with E-state index in [4.69, 9.17) is 0 Å². The van der Waals surface area contributed by atoms with Gasteiger partial charge >= 0.3 is 0 Å². The summed E-state index contributed by atoms with van der Waals surface area (Å²) < 4.78 is 23.2. The molecule has 1 aromatic rings. The van der Waals surface area contributed by atoms with Crippen LogP contribution in [0.5, 0.6) is 0 Å². The van der Waals surface area contributed by atoms with Gasteiger partial charge in [-0.05, 0) is 43.4 Å². The number of anilines is 1. The van der Waals surface area contributed by atoms with Gasteiger partial charge in [0.15, 0.2) is 16.4 Å². The summed E-state index contributed by atoms with van der Waals surface area (Å²) in [5.74, 6) is 1.62. The molecule has 1 saturated carbocycles. The van der Waals surface area contributed by atoms with Gasteiger partial charge in [-0.2, -0.15) is 0 Å². The van der Waals surface area contributed by atoms with Crippen molar-refractivity contribution < 1.29 is 18.1 Å². The monoisotopic (exact) mass is 351 g/mol. The Hall–Kier alpha value is -1.40. The third-order valence-electron chi connectivity index (χ3n) is 5.44. The van der Waals surface area contributed by atoms with Gasteiger partial charge in [0.2, 0.25) is 0 Å². The van der Waals surface area contributed by atoms with Crippen LogP contribution in [-0.2, 0) is 14.6 Å². The van der Waals surface area contributed by atoms with Gasteiger partial charge in [0.05, 0.1) is 18.0 Å². The third kappa shape index (κ3) is 4.36. The molecule has 3 rings (SSSR count). The van der Waals surface area contributed by atoms with Crippen LogP contribution in [0.3, 0.4) is 0 Å². The van der Waals surface area contributed by atoms with Crippen molar-refractivity contribution in [3.63, 3.8) is 0 Å². The van der Waals surface area contributed by atoms with Gasteiger partial charge < -0.3 is 10.2 Å². The van der Waals surface area contributed by atoms with E-state index in [-0.39, 0.29) is 10.8 Å². The molecule has 0 radical (unpaired) electrons. The predicted octanol–water partition coefficient (Wildman–Crippen LogP) is 1.12. The fourth-order valence-corrected chi connectivity index (χ4v) is 4.86. The maximum atomic E-state index is 12.3. The van der Waals surface area contributed by atoms with Crippen molar-refractivity contribution in [1.82, 2.24) is 0 Å². The molecule has 1 unspecified atom stereocenters. The number of quaternary nitrogens is 1. The van der Waals surface area contributed by atoms with Crippen molar-refractivity contribution in [2.75, 3.05) is 31.2 Å². The van der Waals surface area contributed by atoms with E-state index in [0.717, 1.165) is 24.9 Å². The van der Waals surface area contributed by atoms with E-state index in [1.807, 2.05) is 0 Å². The van der Waals surface area contributed by atoms with Gasteiger partial charge in [-0.1, -0.05) is 18.9 Å². The van der Waals surface area contributed by atoms with E-state index < -0.39 is 9.84 Å². The highest BCUT2D eigenvalue weighted by Gasteiger charge is 2.34. The summed E-state index contributed by atoms with van der Waals surface area (Å²) in [5.41, 5.74) is 0.551. The Kier molecular flexibility index (Phi) is 5.25. The topological polar surface area (TPSA) is 67.7 Å². The SMILES string of the molecule is CS(=O)(=O)c1cccc(NC(=O)C[NH+]2CC[C@H]3CCCC[C@@H]3C2)c1. The van der Waals surface area contributed by atoms with Crippen molar-refractivity contribution in [3.8, 4) is 0 Å². The van der Waals surface area contributed by atoms with E-state index in [2.05, 4.69) is 5.32 Å². The fraction of sp³-hybridized carbons (Fsp3) is 0.611. The molecule has 2 N–H and O–H groups in total. The van der Waals surface area contributed by atoms with Crippen molar-refractivity contribution in [2.45, 2.75) is 37.0 Å². The number of nitrogens with one attached hydrogen (secondary N) is 2. The Morgan fingerprint density at radius 1 is 1.21 bits per heavy atom. The van der Waals surface area contributed by atoms with E-state index in [9.17, 15) is 13.2 Å². The van der Waals surface area contributed by atoms with Crippen molar-refractivity contribution >= 4 is 21.4 Å². The molecule has 0 spiro atoms. The Morgan fingerprint density at radius 3 is 2.71 bits per heavy atom. The number of likely N-dealkylation sites (tertiary alicyclic amines) is 1. The number of sulfone groups is 1. The summed E-state index contributed by atoms with van der Waals surface area (Å²) in [6.45, 7) is 2.63. The predicted molar refractivity (Wildman–Crippen MR) is 93.8 cm³/mol. The minimum Gasteiger partial charge on any atom is -0.327 e. The Morgan fingerprint density at radius 2 is 1.96 bits per heavy atom. The number of fused-ring (bicyclic) bond motifs is 1. The molecule has 1 aliphatic carbocycles. The maximum Gasteiger partial charge on any atom is 0.279 e. The molecule has 1 heterocycles. The lowest BCUT2D eigenvalue weighted by Gasteiger charge is -2.38. The van der Waals surface area contributed by atoms with Gasteiger partial charge in [0, 0.05) is 17.9 Å². The number of piperidine rings is 1. The van der Waals surface area contributed by atoms with Crippen molar-refractivity contribution in [2.24, 2.45) is 11.8 Å². The van der Waals surface area contributed by atoms with Gasteiger partial charge in [-0.15, -0.1) is 0 Å². The summed E-state index contributed by atoms with van der Waals surface area (Å²) in [7, 11) is -3.26. The van der Waals surface area contributed by atoms with Crippen LogP contribution in [0.1, 0.15) is 32.1 Å². The van der Waals surface area contributed by atoms with E-state index in [0.29, 0.717) is 12.2 Å². The van der Waals surface area contributed by atoms with E-state index in [1.165, 1.54) is 49.3 Å². The highest BCUT2D eigenvalue weighted by Crippen LogP contribution is 2.32. The van der Waals surface area contributed by atoms with Crippen LogP contribution in [0.2, 0.25) is 0 Å². The smallest absolute Gasteiger partial charge is 0.279 e. The van der Waals surface area contributed by atoms with Crippen LogP contribution < -0.4 is 10.2 Å². The number of hydrogen-bond donors (Lipinski definition) is 2. The Labute approximate surface area is 144 Å². The van der Waals surface area contributed by atoms with Gasteiger partial charge in [-0.3, -0.25) is 4.79 Å². The van der Waals surface area contributed by atoms with Gasteiger partial charge in [0.25, 0.3) is 5.91 Å². The van der Waals surface area contributed by atoms with Crippen molar-refractivity contribution in [1.29, 1.82) is 0 Å². The second kappa shape index (κ2) is 7.23. The molecule has 1 aliphatic heterocycles.